The lowest BCUT2D eigenvalue weighted by Gasteiger charge is -2.19. The van der Waals surface area contributed by atoms with Crippen LogP contribution in [0.2, 0.25) is 0 Å². The summed E-state index contributed by atoms with van der Waals surface area (Å²) in [5, 5.41) is 0. The van der Waals surface area contributed by atoms with E-state index in [2.05, 4.69) is 26.3 Å². The molecule has 2 aromatic rings. The third-order valence-electron chi connectivity index (χ3n) is 2.68. The molecular weight excluding hydrogens is 294 g/mol. The molecule has 0 radical (unpaired) electrons. The maximum Gasteiger partial charge on any atom is 0.124 e. The number of pyridine rings is 1. The first-order chi connectivity index (χ1) is 8.77. The van der Waals surface area contributed by atoms with E-state index >= 15 is 0 Å². The molecule has 1 unspecified atom stereocenters. The largest absolute Gasteiger partial charge is 0.496 e. The monoisotopic (exact) mass is 307 g/mol. The Morgan fingerprint density at radius 2 is 2.06 bits per heavy atom. The molecule has 1 heterocycles. The van der Waals surface area contributed by atoms with Crippen LogP contribution >= 0.6 is 15.9 Å². The molecule has 0 fully saturated rings. The maximum absolute atomic E-state index is 5.66. The van der Waals surface area contributed by atoms with Crippen LogP contribution in [0, 0.1) is 0 Å². The molecule has 1 aromatic heterocycles. The summed E-state index contributed by atoms with van der Waals surface area (Å²) in [5.74, 6) is 6.44. The van der Waals surface area contributed by atoms with Crippen LogP contribution in [0.15, 0.2) is 47.1 Å². The van der Waals surface area contributed by atoms with Gasteiger partial charge in [0.15, 0.2) is 0 Å². The molecule has 0 aliphatic rings. The number of benzene rings is 1. The maximum atomic E-state index is 5.66. The van der Waals surface area contributed by atoms with E-state index in [0.29, 0.717) is 0 Å². The highest BCUT2D eigenvalue weighted by molar-refractivity contribution is 9.10. The van der Waals surface area contributed by atoms with Crippen molar-refractivity contribution >= 4 is 15.9 Å². The number of hydrazine groups is 1. The van der Waals surface area contributed by atoms with Crippen molar-refractivity contribution in [1.82, 2.24) is 10.4 Å². The number of para-hydroxylation sites is 1. The quantitative estimate of drug-likeness (QED) is 0.672. The summed E-state index contributed by atoms with van der Waals surface area (Å²) in [4.78, 5) is 4.36. The molecule has 5 heteroatoms. The standard InChI is InChI=1S/C13H14BrN3O/c1-18-11-7-3-2-5-9(11)12(17-15)13-10(14)6-4-8-16-13/h2-8,12,17H,15H2,1H3. The van der Waals surface area contributed by atoms with Gasteiger partial charge in [0.05, 0.1) is 18.8 Å². The zero-order valence-electron chi connectivity index (χ0n) is 9.93. The topological polar surface area (TPSA) is 60.2 Å². The molecule has 0 amide bonds. The minimum atomic E-state index is -0.225. The predicted molar refractivity (Wildman–Crippen MR) is 74.1 cm³/mol. The van der Waals surface area contributed by atoms with Gasteiger partial charge in [0.1, 0.15) is 5.75 Å². The number of hydrogen-bond acceptors (Lipinski definition) is 4. The van der Waals surface area contributed by atoms with Gasteiger partial charge in [-0.25, -0.2) is 5.43 Å². The third kappa shape index (κ3) is 2.53. The van der Waals surface area contributed by atoms with E-state index in [1.54, 1.807) is 13.3 Å². The fourth-order valence-electron chi connectivity index (χ4n) is 1.83. The fraction of sp³-hybridized carbons (Fsp3) is 0.154. The minimum absolute atomic E-state index is 0.225. The van der Waals surface area contributed by atoms with E-state index in [1.165, 1.54) is 0 Å². The van der Waals surface area contributed by atoms with Gasteiger partial charge >= 0.3 is 0 Å². The van der Waals surface area contributed by atoms with Gasteiger partial charge in [-0.3, -0.25) is 10.8 Å². The number of nitrogens with two attached hydrogens (primary N) is 1. The van der Waals surface area contributed by atoms with Gasteiger partial charge in [-0.1, -0.05) is 18.2 Å². The Morgan fingerprint density at radius 3 is 2.72 bits per heavy atom. The number of methoxy groups -OCH3 is 1. The molecule has 0 spiro atoms. The lowest BCUT2D eigenvalue weighted by atomic mass is 10.0. The number of ether oxygens (including phenoxy) is 1. The van der Waals surface area contributed by atoms with Gasteiger partial charge < -0.3 is 4.74 Å². The number of nitrogens with zero attached hydrogens (tertiary/aromatic N) is 1. The summed E-state index contributed by atoms with van der Waals surface area (Å²) in [6.45, 7) is 0. The first-order valence-electron chi connectivity index (χ1n) is 5.47. The van der Waals surface area contributed by atoms with Crippen molar-refractivity contribution < 1.29 is 4.74 Å². The van der Waals surface area contributed by atoms with E-state index in [4.69, 9.17) is 10.6 Å². The van der Waals surface area contributed by atoms with Crippen molar-refractivity contribution in [2.45, 2.75) is 6.04 Å². The SMILES string of the molecule is COc1ccccc1C(NN)c1ncccc1Br. The molecule has 0 aliphatic carbocycles. The van der Waals surface area contributed by atoms with E-state index in [0.717, 1.165) is 21.5 Å². The lowest BCUT2D eigenvalue weighted by Crippen LogP contribution is -2.30. The summed E-state index contributed by atoms with van der Waals surface area (Å²) in [7, 11) is 1.64. The smallest absolute Gasteiger partial charge is 0.124 e. The van der Waals surface area contributed by atoms with Crippen LogP contribution in [-0.2, 0) is 0 Å². The highest BCUT2D eigenvalue weighted by Crippen LogP contribution is 2.31. The first-order valence-corrected chi connectivity index (χ1v) is 6.26. The van der Waals surface area contributed by atoms with E-state index in [-0.39, 0.29) is 6.04 Å². The van der Waals surface area contributed by atoms with Crippen molar-refractivity contribution in [3.8, 4) is 5.75 Å². The van der Waals surface area contributed by atoms with Gasteiger partial charge in [-0.15, -0.1) is 0 Å². The van der Waals surface area contributed by atoms with Crippen molar-refractivity contribution in [3.05, 3.63) is 58.3 Å². The van der Waals surface area contributed by atoms with Crippen LogP contribution in [0.4, 0.5) is 0 Å². The van der Waals surface area contributed by atoms with Gasteiger partial charge in [0, 0.05) is 16.2 Å². The van der Waals surface area contributed by atoms with Crippen molar-refractivity contribution in [3.63, 3.8) is 0 Å². The van der Waals surface area contributed by atoms with Crippen LogP contribution in [0.3, 0.4) is 0 Å². The summed E-state index contributed by atoms with van der Waals surface area (Å²) in [5.41, 5.74) is 4.55. The second-order valence-electron chi connectivity index (χ2n) is 3.71. The second kappa shape index (κ2) is 5.95. The molecule has 94 valence electrons. The van der Waals surface area contributed by atoms with Crippen LogP contribution in [0.1, 0.15) is 17.3 Å². The van der Waals surface area contributed by atoms with E-state index in [9.17, 15) is 0 Å². The second-order valence-corrected chi connectivity index (χ2v) is 4.57. The normalized spacial score (nSPS) is 12.2. The number of nitrogens with one attached hydrogen (secondary N) is 1. The fourth-order valence-corrected chi connectivity index (χ4v) is 2.32. The predicted octanol–water partition coefficient (Wildman–Crippen LogP) is 2.41. The zero-order chi connectivity index (χ0) is 13.0. The summed E-state index contributed by atoms with van der Waals surface area (Å²) < 4.78 is 6.25. The Bertz CT molecular complexity index is 533. The molecule has 1 atom stereocenters. The molecule has 0 bridgehead atoms. The molecule has 18 heavy (non-hydrogen) atoms. The average molecular weight is 308 g/mol. The molecule has 0 aliphatic heterocycles. The minimum Gasteiger partial charge on any atom is -0.496 e. The van der Waals surface area contributed by atoms with Crippen LogP contribution in [0.25, 0.3) is 0 Å². The Labute approximate surface area is 114 Å². The molecule has 0 saturated heterocycles. The molecular formula is C13H14BrN3O. The number of hydrogen-bond donors (Lipinski definition) is 2. The van der Waals surface area contributed by atoms with Crippen molar-refractivity contribution in [2.75, 3.05) is 7.11 Å². The summed E-state index contributed by atoms with van der Waals surface area (Å²) in [6.07, 6.45) is 1.74. The Morgan fingerprint density at radius 1 is 1.28 bits per heavy atom. The highest BCUT2D eigenvalue weighted by Gasteiger charge is 2.19. The van der Waals surface area contributed by atoms with Gasteiger partial charge in [0.25, 0.3) is 0 Å². The lowest BCUT2D eigenvalue weighted by molar-refractivity contribution is 0.403. The van der Waals surface area contributed by atoms with Gasteiger partial charge in [-0.2, -0.15) is 0 Å². The molecule has 0 saturated carbocycles. The molecule has 2 rings (SSSR count). The Balaban J connectivity index is 2.49. The third-order valence-corrected chi connectivity index (χ3v) is 3.35. The van der Waals surface area contributed by atoms with E-state index in [1.807, 2.05) is 36.4 Å². The first kappa shape index (κ1) is 13.0. The van der Waals surface area contributed by atoms with Gasteiger partial charge in [-0.05, 0) is 34.1 Å². The zero-order valence-corrected chi connectivity index (χ0v) is 11.5. The number of aromatic nitrogens is 1. The van der Waals surface area contributed by atoms with Crippen LogP contribution < -0.4 is 16.0 Å². The molecule has 3 N–H and O–H groups in total. The average Bonchev–Trinajstić information content (AvgIpc) is 2.42. The van der Waals surface area contributed by atoms with Crippen LogP contribution in [0.5, 0.6) is 5.75 Å². The van der Waals surface area contributed by atoms with E-state index < -0.39 is 0 Å². The van der Waals surface area contributed by atoms with Crippen LogP contribution in [-0.4, -0.2) is 12.1 Å². The molecule has 4 nitrogen and oxygen atoms in total. The Hall–Kier alpha value is -1.43. The molecule has 1 aromatic carbocycles. The summed E-state index contributed by atoms with van der Waals surface area (Å²) in [6, 6.07) is 11.3. The highest BCUT2D eigenvalue weighted by atomic mass is 79.9. The van der Waals surface area contributed by atoms with Crippen molar-refractivity contribution in [1.29, 1.82) is 0 Å². The number of halogens is 1. The number of rotatable bonds is 4. The van der Waals surface area contributed by atoms with Gasteiger partial charge in [0.2, 0.25) is 0 Å². The summed E-state index contributed by atoms with van der Waals surface area (Å²) >= 11 is 3.48. The Kier molecular flexibility index (Phi) is 4.30. The van der Waals surface area contributed by atoms with Crippen molar-refractivity contribution in [2.24, 2.45) is 5.84 Å².